The van der Waals surface area contributed by atoms with Crippen LogP contribution >= 0.6 is 15.9 Å². The van der Waals surface area contributed by atoms with Gasteiger partial charge in [-0.15, -0.1) is 0 Å². The first kappa shape index (κ1) is 15.7. The van der Waals surface area contributed by atoms with Crippen LogP contribution in [0.2, 0.25) is 0 Å². The molecule has 0 saturated heterocycles. The summed E-state index contributed by atoms with van der Waals surface area (Å²) in [4.78, 5) is 9.04. The molecule has 0 amide bonds. The fourth-order valence-electron chi connectivity index (χ4n) is 2.70. The van der Waals surface area contributed by atoms with E-state index in [1.54, 1.807) is 19.5 Å². The molecule has 0 unspecified atom stereocenters. The molecule has 0 aliphatic heterocycles. The average Bonchev–Trinajstić information content (AvgIpc) is 3.31. The van der Waals surface area contributed by atoms with E-state index in [-0.39, 0.29) is 0 Å². The summed E-state index contributed by atoms with van der Waals surface area (Å²) < 4.78 is 10.3. The second kappa shape index (κ2) is 6.57. The summed E-state index contributed by atoms with van der Waals surface area (Å²) in [6, 6.07) is 15.9. The molecule has 0 radical (unpaired) electrons. The Labute approximate surface area is 153 Å². The van der Waals surface area contributed by atoms with Gasteiger partial charge in [0.05, 0.1) is 7.11 Å². The molecule has 0 N–H and O–H groups in total. The number of nitrogens with zero attached hydrogens (tertiary/aromatic N) is 4. The van der Waals surface area contributed by atoms with E-state index in [9.17, 15) is 0 Å². The third kappa shape index (κ3) is 2.96. The molecule has 0 aliphatic rings. The highest BCUT2D eigenvalue weighted by Gasteiger charge is 2.14. The average molecular weight is 395 g/mol. The number of halogens is 1. The van der Waals surface area contributed by atoms with Crippen molar-refractivity contribution >= 4 is 15.9 Å². The molecule has 0 atom stereocenters. The van der Waals surface area contributed by atoms with E-state index in [4.69, 9.17) is 4.74 Å². The van der Waals surface area contributed by atoms with Crippen LogP contribution in [0.15, 0.2) is 77.8 Å². The molecule has 2 aromatic carbocycles. The van der Waals surface area contributed by atoms with Gasteiger partial charge in [0.2, 0.25) is 0 Å². The highest BCUT2D eigenvalue weighted by Crippen LogP contribution is 2.25. The Morgan fingerprint density at radius 3 is 1.72 bits per heavy atom. The van der Waals surface area contributed by atoms with Gasteiger partial charge in [-0.3, -0.25) is 9.13 Å². The molecule has 0 bridgehead atoms. The van der Waals surface area contributed by atoms with E-state index in [1.165, 1.54) is 0 Å². The van der Waals surface area contributed by atoms with Crippen molar-refractivity contribution in [2.45, 2.75) is 0 Å². The van der Waals surface area contributed by atoms with Crippen LogP contribution in [0.25, 0.3) is 23.0 Å². The monoisotopic (exact) mass is 394 g/mol. The van der Waals surface area contributed by atoms with Crippen molar-refractivity contribution in [2.75, 3.05) is 7.11 Å². The smallest absolute Gasteiger partial charge is 0.181 e. The van der Waals surface area contributed by atoms with Gasteiger partial charge in [0.25, 0.3) is 0 Å². The minimum Gasteiger partial charge on any atom is -0.497 e. The number of ether oxygens (including phenoxy) is 1. The lowest BCUT2D eigenvalue weighted by molar-refractivity contribution is 0.415. The topological polar surface area (TPSA) is 44.9 Å². The van der Waals surface area contributed by atoms with Crippen LogP contribution < -0.4 is 4.74 Å². The molecule has 4 aromatic rings. The first-order valence-corrected chi connectivity index (χ1v) is 8.53. The zero-order valence-electron chi connectivity index (χ0n) is 13.5. The van der Waals surface area contributed by atoms with Gasteiger partial charge in [-0.05, 0) is 48.5 Å². The summed E-state index contributed by atoms with van der Waals surface area (Å²) in [6.07, 6.45) is 7.42. The molecule has 0 saturated carbocycles. The lowest BCUT2D eigenvalue weighted by Crippen LogP contribution is -2.02. The Kier molecular flexibility index (Phi) is 4.11. The fraction of sp³-hybridized carbons (Fsp3) is 0.0526. The quantitative estimate of drug-likeness (QED) is 0.511. The number of rotatable bonds is 4. The third-order valence-corrected chi connectivity index (χ3v) is 4.47. The van der Waals surface area contributed by atoms with Crippen molar-refractivity contribution in [1.82, 2.24) is 19.1 Å². The Balaban J connectivity index is 1.78. The SMILES string of the molecule is COc1ccc(-n2ccnc2-c2nccn2-c2ccc(Br)cc2)cc1. The second-order valence-corrected chi connectivity index (χ2v) is 6.33. The van der Waals surface area contributed by atoms with E-state index in [2.05, 4.69) is 25.9 Å². The van der Waals surface area contributed by atoms with Crippen molar-refractivity contribution in [3.63, 3.8) is 0 Å². The predicted molar refractivity (Wildman–Crippen MR) is 100 cm³/mol. The number of aromatic nitrogens is 4. The Hall–Kier alpha value is -2.86. The molecule has 124 valence electrons. The molecule has 4 rings (SSSR count). The van der Waals surface area contributed by atoms with E-state index in [0.717, 1.165) is 33.2 Å². The largest absolute Gasteiger partial charge is 0.497 e. The molecule has 5 nitrogen and oxygen atoms in total. The first-order valence-electron chi connectivity index (χ1n) is 7.74. The lowest BCUT2D eigenvalue weighted by Gasteiger charge is -2.11. The van der Waals surface area contributed by atoms with Crippen LogP contribution in [-0.2, 0) is 0 Å². The van der Waals surface area contributed by atoms with E-state index in [1.807, 2.05) is 70.1 Å². The zero-order chi connectivity index (χ0) is 17.2. The molecule has 2 heterocycles. The van der Waals surface area contributed by atoms with E-state index < -0.39 is 0 Å². The summed E-state index contributed by atoms with van der Waals surface area (Å²) >= 11 is 3.47. The van der Waals surface area contributed by atoms with Crippen LogP contribution in [0, 0.1) is 0 Å². The van der Waals surface area contributed by atoms with Crippen LogP contribution in [0.1, 0.15) is 0 Å². The molecular weight excluding hydrogens is 380 g/mol. The molecular formula is C19H15BrN4O. The number of hydrogen-bond acceptors (Lipinski definition) is 3. The van der Waals surface area contributed by atoms with Crippen LogP contribution in [0.5, 0.6) is 5.75 Å². The zero-order valence-corrected chi connectivity index (χ0v) is 15.1. The predicted octanol–water partition coefficient (Wildman–Crippen LogP) is 4.50. The maximum absolute atomic E-state index is 5.23. The maximum atomic E-state index is 5.23. The molecule has 2 aromatic heterocycles. The molecule has 25 heavy (non-hydrogen) atoms. The highest BCUT2D eigenvalue weighted by atomic mass is 79.9. The summed E-state index contributed by atoms with van der Waals surface area (Å²) in [6.45, 7) is 0. The first-order chi connectivity index (χ1) is 12.3. The number of imidazole rings is 2. The Morgan fingerprint density at radius 2 is 1.24 bits per heavy atom. The highest BCUT2D eigenvalue weighted by molar-refractivity contribution is 9.10. The normalized spacial score (nSPS) is 10.8. The number of benzene rings is 2. The maximum Gasteiger partial charge on any atom is 0.181 e. The Morgan fingerprint density at radius 1 is 0.760 bits per heavy atom. The molecule has 0 fully saturated rings. The third-order valence-electron chi connectivity index (χ3n) is 3.94. The lowest BCUT2D eigenvalue weighted by atomic mass is 10.3. The van der Waals surface area contributed by atoms with E-state index >= 15 is 0 Å². The number of hydrogen-bond donors (Lipinski definition) is 0. The summed E-state index contributed by atoms with van der Waals surface area (Å²) in [5.74, 6) is 2.38. The minimum absolute atomic E-state index is 0.776. The number of methoxy groups -OCH3 is 1. The van der Waals surface area contributed by atoms with Gasteiger partial charge < -0.3 is 4.74 Å². The van der Waals surface area contributed by atoms with Crippen molar-refractivity contribution in [1.29, 1.82) is 0 Å². The van der Waals surface area contributed by atoms with Crippen molar-refractivity contribution in [2.24, 2.45) is 0 Å². The van der Waals surface area contributed by atoms with Gasteiger partial charge in [-0.2, -0.15) is 0 Å². The summed E-state index contributed by atoms with van der Waals surface area (Å²) in [7, 11) is 1.66. The fourth-order valence-corrected chi connectivity index (χ4v) is 2.96. The van der Waals surface area contributed by atoms with E-state index in [0.29, 0.717) is 0 Å². The molecule has 0 aliphatic carbocycles. The van der Waals surface area contributed by atoms with Gasteiger partial charge in [0.1, 0.15) is 5.75 Å². The summed E-state index contributed by atoms with van der Waals surface area (Å²) in [5, 5.41) is 0. The van der Waals surface area contributed by atoms with Crippen LogP contribution in [0.4, 0.5) is 0 Å². The van der Waals surface area contributed by atoms with Gasteiger partial charge in [-0.25, -0.2) is 9.97 Å². The van der Waals surface area contributed by atoms with Crippen LogP contribution in [0.3, 0.4) is 0 Å². The van der Waals surface area contributed by atoms with Crippen molar-refractivity contribution < 1.29 is 4.74 Å². The Bertz CT molecular complexity index is 987. The van der Waals surface area contributed by atoms with Crippen molar-refractivity contribution in [3.8, 4) is 28.8 Å². The van der Waals surface area contributed by atoms with Crippen LogP contribution in [-0.4, -0.2) is 26.2 Å². The van der Waals surface area contributed by atoms with Gasteiger partial charge >= 0.3 is 0 Å². The molecule has 0 spiro atoms. The summed E-state index contributed by atoms with van der Waals surface area (Å²) in [5.41, 5.74) is 2.03. The standard InChI is InChI=1S/C19H15BrN4O/c1-25-17-8-6-16(7-9-17)24-13-11-22-19(24)18-21-10-12-23(18)15-4-2-14(20)3-5-15/h2-13H,1H3. The van der Waals surface area contributed by atoms with Gasteiger partial charge in [0, 0.05) is 40.6 Å². The minimum atomic E-state index is 0.776. The van der Waals surface area contributed by atoms with Gasteiger partial charge in [-0.1, -0.05) is 15.9 Å². The molecule has 6 heteroatoms. The van der Waals surface area contributed by atoms with Gasteiger partial charge in [0.15, 0.2) is 11.6 Å². The van der Waals surface area contributed by atoms with Crippen molar-refractivity contribution in [3.05, 3.63) is 77.8 Å². The second-order valence-electron chi connectivity index (χ2n) is 5.42.